The number of halogens is 1. The van der Waals surface area contributed by atoms with E-state index in [1.165, 1.54) is 24.8 Å². The zero-order valence-corrected chi connectivity index (χ0v) is 13.9. The van der Waals surface area contributed by atoms with Gasteiger partial charge >= 0.3 is 0 Å². The van der Waals surface area contributed by atoms with E-state index < -0.39 is 0 Å². The van der Waals surface area contributed by atoms with Gasteiger partial charge in [0.1, 0.15) is 5.15 Å². The van der Waals surface area contributed by atoms with Gasteiger partial charge in [-0.15, -0.1) is 0 Å². The van der Waals surface area contributed by atoms with Gasteiger partial charge in [-0.05, 0) is 19.8 Å². The molecule has 1 aromatic heterocycles. The quantitative estimate of drug-likeness (QED) is 0.907. The molecule has 20 heavy (non-hydrogen) atoms. The second-order valence-electron chi connectivity index (χ2n) is 5.86. The summed E-state index contributed by atoms with van der Waals surface area (Å²) in [5.74, 6) is 0. The molecule has 1 fully saturated rings. The van der Waals surface area contributed by atoms with Crippen LogP contribution in [0, 0.1) is 6.92 Å². The lowest BCUT2D eigenvalue weighted by molar-refractivity contribution is 0.115. The Morgan fingerprint density at radius 2 is 2.15 bits per heavy atom. The highest BCUT2D eigenvalue weighted by molar-refractivity contribution is 6.30. The van der Waals surface area contributed by atoms with Crippen molar-refractivity contribution in [1.82, 2.24) is 20.0 Å². The van der Waals surface area contributed by atoms with Crippen molar-refractivity contribution in [2.45, 2.75) is 58.7 Å². The molecule has 0 saturated carbocycles. The minimum atomic E-state index is 0.596. The van der Waals surface area contributed by atoms with Gasteiger partial charge in [-0.1, -0.05) is 31.9 Å². The number of hydrogen-bond donors (Lipinski definition) is 1. The van der Waals surface area contributed by atoms with E-state index in [2.05, 4.69) is 29.2 Å². The van der Waals surface area contributed by atoms with Crippen LogP contribution in [-0.4, -0.2) is 39.9 Å². The highest BCUT2D eigenvalue weighted by Crippen LogP contribution is 2.23. The Morgan fingerprint density at radius 3 is 2.70 bits per heavy atom. The molecule has 1 aromatic rings. The zero-order chi connectivity index (χ0) is 14.7. The molecule has 2 unspecified atom stereocenters. The van der Waals surface area contributed by atoms with Crippen LogP contribution in [0.3, 0.4) is 0 Å². The molecule has 2 atom stereocenters. The molecule has 114 valence electrons. The largest absolute Gasteiger partial charge is 0.311 e. The van der Waals surface area contributed by atoms with E-state index in [1.54, 1.807) is 4.68 Å². The Hall–Kier alpha value is -0.580. The summed E-state index contributed by atoms with van der Waals surface area (Å²) in [6, 6.07) is 1.21. The van der Waals surface area contributed by atoms with E-state index in [0.29, 0.717) is 12.1 Å². The number of aromatic nitrogens is 2. The van der Waals surface area contributed by atoms with Crippen molar-refractivity contribution in [3.8, 4) is 0 Å². The molecule has 1 N–H and O–H groups in total. The molecule has 2 heterocycles. The lowest BCUT2D eigenvalue weighted by Gasteiger charge is -2.40. The first-order valence-corrected chi connectivity index (χ1v) is 8.10. The molecule has 5 heteroatoms. The van der Waals surface area contributed by atoms with Crippen molar-refractivity contribution in [3.63, 3.8) is 0 Å². The average Bonchev–Trinajstić information content (AvgIpc) is 2.66. The van der Waals surface area contributed by atoms with Gasteiger partial charge in [0.05, 0.1) is 5.69 Å². The number of piperazine rings is 1. The van der Waals surface area contributed by atoms with E-state index in [1.807, 2.05) is 14.0 Å². The number of nitrogens with one attached hydrogen (secondary N) is 1. The van der Waals surface area contributed by atoms with E-state index in [0.717, 1.165) is 30.5 Å². The van der Waals surface area contributed by atoms with Crippen molar-refractivity contribution in [2.24, 2.45) is 7.05 Å². The van der Waals surface area contributed by atoms with Crippen LogP contribution in [-0.2, 0) is 13.6 Å². The molecule has 0 aromatic carbocycles. The molecule has 0 amide bonds. The smallest absolute Gasteiger partial charge is 0.131 e. The minimum Gasteiger partial charge on any atom is -0.311 e. The molecule has 1 saturated heterocycles. The summed E-state index contributed by atoms with van der Waals surface area (Å²) in [6.07, 6.45) is 3.64. The summed E-state index contributed by atoms with van der Waals surface area (Å²) in [7, 11) is 1.91. The Morgan fingerprint density at radius 1 is 1.40 bits per heavy atom. The average molecular weight is 299 g/mol. The van der Waals surface area contributed by atoms with Crippen LogP contribution in [0.25, 0.3) is 0 Å². The van der Waals surface area contributed by atoms with Crippen molar-refractivity contribution >= 4 is 11.6 Å². The van der Waals surface area contributed by atoms with Crippen LogP contribution in [0.2, 0.25) is 5.15 Å². The van der Waals surface area contributed by atoms with Gasteiger partial charge in [0.2, 0.25) is 0 Å². The molecular weight excluding hydrogens is 272 g/mol. The zero-order valence-electron chi connectivity index (χ0n) is 13.1. The van der Waals surface area contributed by atoms with E-state index in [-0.39, 0.29) is 0 Å². The maximum Gasteiger partial charge on any atom is 0.131 e. The Bertz CT molecular complexity index is 443. The third-order valence-electron chi connectivity index (χ3n) is 4.35. The molecule has 0 radical (unpaired) electrons. The van der Waals surface area contributed by atoms with Crippen molar-refractivity contribution in [1.29, 1.82) is 0 Å². The van der Waals surface area contributed by atoms with Gasteiger partial charge in [-0.2, -0.15) is 5.10 Å². The van der Waals surface area contributed by atoms with Gasteiger partial charge in [-0.25, -0.2) is 0 Å². The van der Waals surface area contributed by atoms with Crippen molar-refractivity contribution < 1.29 is 0 Å². The monoisotopic (exact) mass is 298 g/mol. The standard InChI is InChI=1S/C15H27ClN4/c1-5-7-12-9-20(13(6-2)8-17-12)10-14-11(3)18-19(4)15(14)16/h12-13,17H,5-10H2,1-4H3. The van der Waals surface area contributed by atoms with Crippen LogP contribution < -0.4 is 5.32 Å². The first-order chi connectivity index (χ1) is 9.56. The maximum absolute atomic E-state index is 6.38. The molecule has 0 bridgehead atoms. The summed E-state index contributed by atoms with van der Waals surface area (Å²) >= 11 is 6.38. The highest BCUT2D eigenvalue weighted by atomic mass is 35.5. The molecule has 1 aliphatic heterocycles. The van der Waals surface area contributed by atoms with Gasteiger partial charge in [0, 0.05) is 44.3 Å². The van der Waals surface area contributed by atoms with Crippen LogP contribution in [0.15, 0.2) is 0 Å². The van der Waals surface area contributed by atoms with Gasteiger partial charge < -0.3 is 5.32 Å². The third kappa shape index (κ3) is 3.35. The summed E-state index contributed by atoms with van der Waals surface area (Å²) in [5.41, 5.74) is 2.24. The fourth-order valence-electron chi connectivity index (χ4n) is 3.12. The van der Waals surface area contributed by atoms with Crippen LogP contribution in [0.5, 0.6) is 0 Å². The molecule has 1 aliphatic rings. The summed E-state index contributed by atoms with van der Waals surface area (Å²) in [5, 5.41) is 8.88. The Balaban J connectivity index is 2.11. The van der Waals surface area contributed by atoms with E-state index >= 15 is 0 Å². The summed E-state index contributed by atoms with van der Waals surface area (Å²) in [6.45, 7) is 9.67. The number of hydrogen-bond acceptors (Lipinski definition) is 3. The minimum absolute atomic E-state index is 0.596. The first kappa shape index (κ1) is 15.8. The van der Waals surface area contributed by atoms with Crippen molar-refractivity contribution in [3.05, 3.63) is 16.4 Å². The Labute approximate surface area is 127 Å². The number of nitrogens with zero attached hydrogens (tertiary/aromatic N) is 3. The Kier molecular flexibility index (Phi) is 5.47. The summed E-state index contributed by atoms with van der Waals surface area (Å²) < 4.78 is 1.78. The first-order valence-electron chi connectivity index (χ1n) is 7.72. The highest BCUT2D eigenvalue weighted by Gasteiger charge is 2.27. The van der Waals surface area contributed by atoms with E-state index in [9.17, 15) is 0 Å². The normalized spacial score (nSPS) is 24.2. The molecule has 2 rings (SSSR count). The second-order valence-corrected chi connectivity index (χ2v) is 6.22. The SMILES string of the molecule is CCCC1CN(Cc2c(C)nn(C)c2Cl)C(CC)CN1. The number of rotatable bonds is 5. The van der Waals surface area contributed by atoms with Gasteiger partial charge in [0.15, 0.2) is 0 Å². The summed E-state index contributed by atoms with van der Waals surface area (Å²) in [4.78, 5) is 2.58. The van der Waals surface area contributed by atoms with Gasteiger partial charge in [0.25, 0.3) is 0 Å². The third-order valence-corrected chi connectivity index (χ3v) is 4.83. The predicted octanol–water partition coefficient (Wildman–Crippen LogP) is 2.73. The number of aryl methyl sites for hydroxylation is 2. The molecule has 0 spiro atoms. The van der Waals surface area contributed by atoms with Crippen LogP contribution in [0.4, 0.5) is 0 Å². The lowest BCUT2D eigenvalue weighted by atomic mass is 10.0. The second kappa shape index (κ2) is 6.92. The predicted molar refractivity (Wildman–Crippen MR) is 84.1 cm³/mol. The van der Waals surface area contributed by atoms with Crippen molar-refractivity contribution in [2.75, 3.05) is 13.1 Å². The van der Waals surface area contributed by atoms with Gasteiger partial charge in [-0.3, -0.25) is 9.58 Å². The fraction of sp³-hybridized carbons (Fsp3) is 0.800. The van der Waals surface area contributed by atoms with E-state index in [4.69, 9.17) is 11.6 Å². The lowest BCUT2D eigenvalue weighted by Crippen LogP contribution is -2.55. The topological polar surface area (TPSA) is 33.1 Å². The fourth-order valence-corrected chi connectivity index (χ4v) is 3.36. The van der Waals surface area contributed by atoms with Crippen LogP contribution >= 0.6 is 11.6 Å². The molecular formula is C15H27ClN4. The maximum atomic E-state index is 6.38. The van der Waals surface area contributed by atoms with Crippen LogP contribution in [0.1, 0.15) is 44.4 Å². The molecule has 0 aliphatic carbocycles. The molecule has 4 nitrogen and oxygen atoms in total.